The molecule has 29 heavy (non-hydrogen) atoms. The summed E-state index contributed by atoms with van der Waals surface area (Å²) in [4.78, 5) is 12.1. The van der Waals surface area contributed by atoms with Gasteiger partial charge in [-0.1, -0.05) is 43.3 Å². The molecule has 1 fully saturated rings. The molecule has 1 saturated heterocycles. The summed E-state index contributed by atoms with van der Waals surface area (Å²) in [6, 6.07) is 8.60. The minimum absolute atomic E-state index is 0.0803. The smallest absolute Gasteiger partial charge is 0.253 e. The fourth-order valence-corrected chi connectivity index (χ4v) is 3.47. The molecule has 1 aliphatic rings. The van der Waals surface area contributed by atoms with E-state index in [-0.39, 0.29) is 25.6 Å². The maximum absolute atomic E-state index is 12.1. The van der Waals surface area contributed by atoms with E-state index in [1.54, 1.807) is 37.3 Å². The summed E-state index contributed by atoms with van der Waals surface area (Å²) >= 11 is 6.17. The number of benzene rings is 1. The van der Waals surface area contributed by atoms with Gasteiger partial charge >= 0.3 is 0 Å². The molecule has 0 radical (unpaired) electrons. The molecule has 0 unspecified atom stereocenters. The number of aromatic nitrogens is 2. The Kier molecular flexibility index (Phi) is 6.49. The molecular weight excluding hydrogens is 396 g/mol. The number of hydrogen-bond donors (Lipinski definition) is 3. The molecule has 9 heteroatoms. The van der Waals surface area contributed by atoms with E-state index in [0.717, 1.165) is 5.06 Å². The monoisotopic (exact) mass is 418 g/mol. The van der Waals surface area contributed by atoms with Crippen LogP contribution in [0.1, 0.15) is 22.8 Å². The number of nitrogens with one attached hydrogen (secondary N) is 1. The van der Waals surface area contributed by atoms with Crippen molar-refractivity contribution in [1.29, 1.82) is 0 Å². The minimum atomic E-state index is -0.910. The van der Waals surface area contributed by atoms with Crippen molar-refractivity contribution in [2.24, 2.45) is 5.41 Å². The average Bonchev–Trinajstić information content (AvgIpc) is 3.00. The Morgan fingerprint density at radius 3 is 2.86 bits per heavy atom. The number of aliphatic hydroxyl groups excluding tert-OH is 1. The lowest BCUT2D eigenvalue weighted by Crippen LogP contribution is -2.46. The normalized spacial score (nSPS) is 23.6. The number of rotatable bonds is 7. The first-order valence-electron chi connectivity index (χ1n) is 9.06. The third kappa shape index (κ3) is 4.73. The zero-order valence-electron chi connectivity index (χ0n) is 16.0. The fourth-order valence-electron chi connectivity index (χ4n) is 3.22. The van der Waals surface area contributed by atoms with E-state index in [1.807, 2.05) is 0 Å². The van der Waals surface area contributed by atoms with Crippen LogP contribution < -0.4 is 5.32 Å². The molecule has 1 amide bonds. The van der Waals surface area contributed by atoms with E-state index in [2.05, 4.69) is 22.1 Å². The largest absolute Gasteiger partial charge is 0.390 e. The molecule has 154 valence electrons. The van der Waals surface area contributed by atoms with Crippen LogP contribution in [0.15, 0.2) is 49.3 Å². The van der Waals surface area contributed by atoms with E-state index in [4.69, 9.17) is 16.3 Å². The van der Waals surface area contributed by atoms with Gasteiger partial charge in [0.25, 0.3) is 5.91 Å². The summed E-state index contributed by atoms with van der Waals surface area (Å²) in [7, 11) is 0. The van der Waals surface area contributed by atoms with Crippen molar-refractivity contribution in [2.75, 3.05) is 19.7 Å². The van der Waals surface area contributed by atoms with Crippen LogP contribution in [0.25, 0.3) is 5.70 Å². The van der Waals surface area contributed by atoms with E-state index in [0.29, 0.717) is 21.8 Å². The molecule has 1 aromatic heterocycles. The highest BCUT2D eigenvalue weighted by atomic mass is 35.5. The van der Waals surface area contributed by atoms with Crippen LogP contribution in [0, 0.1) is 5.41 Å². The van der Waals surface area contributed by atoms with E-state index >= 15 is 0 Å². The molecule has 2 aromatic rings. The van der Waals surface area contributed by atoms with Gasteiger partial charge < -0.3 is 15.2 Å². The second kappa shape index (κ2) is 8.87. The molecule has 0 aliphatic carbocycles. The number of ether oxygens (including phenoxy) is 1. The third-order valence-corrected chi connectivity index (χ3v) is 5.34. The first kappa shape index (κ1) is 21.2. The highest BCUT2D eigenvalue weighted by Gasteiger charge is 2.46. The maximum Gasteiger partial charge on any atom is 0.253 e. The van der Waals surface area contributed by atoms with Crippen molar-refractivity contribution in [3.63, 3.8) is 0 Å². The molecule has 1 aromatic carbocycles. The summed E-state index contributed by atoms with van der Waals surface area (Å²) in [5, 5.41) is 32.7. The van der Waals surface area contributed by atoms with Gasteiger partial charge in [0.15, 0.2) is 0 Å². The van der Waals surface area contributed by atoms with Crippen molar-refractivity contribution in [3.05, 3.63) is 65.5 Å². The lowest BCUT2D eigenvalue weighted by atomic mass is 9.84. The standard InChI is InChI=1S/C20H23ClN4O4/c1-13(15-5-3-4-6-16(15)21)25(28)11-20(2)12-29-17(18(20)26)10-22-19(27)14-7-8-23-24-9-14/h3-9,17-18,26,28H,1,10-12H2,2H3,(H,22,27)/t17-,18-,20-/m1/s1. The summed E-state index contributed by atoms with van der Waals surface area (Å²) in [6.45, 7) is 6.10. The lowest BCUT2D eigenvalue weighted by Gasteiger charge is -2.33. The number of hydrogen-bond acceptors (Lipinski definition) is 7. The van der Waals surface area contributed by atoms with Crippen LogP contribution >= 0.6 is 11.6 Å². The first-order valence-corrected chi connectivity index (χ1v) is 9.44. The van der Waals surface area contributed by atoms with Crippen molar-refractivity contribution in [3.8, 4) is 0 Å². The number of carbonyl (C=O) groups excluding carboxylic acids is 1. The lowest BCUT2D eigenvalue weighted by molar-refractivity contribution is -0.0762. The molecule has 0 saturated carbocycles. The second-order valence-corrected chi connectivity index (χ2v) is 7.68. The van der Waals surface area contributed by atoms with Gasteiger partial charge in [0, 0.05) is 22.5 Å². The van der Waals surface area contributed by atoms with Crippen molar-refractivity contribution >= 4 is 23.2 Å². The Morgan fingerprint density at radius 1 is 1.41 bits per heavy atom. The highest BCUT2D eigenvalue weighted by Crippen LogP contribution is 2.35. The molecule has 8 nitrogen and oxygen atoms in total. The zero-order chi connectivity index (χ0) is 21.0. The number of aliphatic hydroxyl groups is 1. The number of amides is 1. The molecule has 3 rings (SSSR count). The highest BCUT2D eigenvalue weighted by molar-refractivity contribution is 6.32. The van der Waals surface area contributed by atoms with Gasteiger partial charge in [-0.05, 0) is 12.1 Å². The molecule has 3 N–H and O–H groups in total. The van der Waals surface area contributed by atoms with Gasteiger partial charge in [-0.2, -0.15) is 10.2 Å². The van der Waals surface area contributed by atoms with Gasteiger partial charge in [-0.3, -0.25) is 15.1 Å². The van der Waals surface area contributed by atoms with E-state index in [1.165, 1.54) is 12.4 Å². The van der Waals surface area contributed by atoms with E-state index < -0.39 is 17.6 Å². The Morgan fingerprint density at radius 2 is 2.17 bits per heavy atom. The summed E-state index contributed by atoms with van der Waals surface area (Å²) in [6.07, 6.45) is 1.26. The topological polar surface area (TPSA) is 108 Å². The molecule has 0 spiro atoms. The Hall–Kier alpha value is -2.52. The number of nitrogens with zero attached hydrogens (tertiary/aromatic N) is 3. The third-order valence-electron chi connectivity index (χ3n) is 5.01. The van der Waals surface area contributed by atoms with Crippen LogP contribution in [0.4, 0.5) is 0 Å². The van der Waals surface area contributed by atoms with Gasteiger partial charge in [0.1, 0.15) is 6.10 Å². The predicted octanol–water partition coefficient (Wildman–Crippen LogP) is 1.99. The average molecular weight is 419 g/mol. The quantitative estimate of drug-likeness (QED) is 0.590. The maximum atomic E-state index is 12.1. The Bertz CT molecular complexity index is 882. The number of carbonyl (C=O) groups is 1. The summed E-state index contributed by atoms with van der Waals surface area (Å²) in [5.74, 6) is -0.333. The fraction of sp³-hybridized carbons (Fsp3) is 0.350. The zero-order valence-corrected chi connectivity index (χ0v) is 16.7. The van der Waals surface area contributed by atoms with Gasteiger partial charge in [-0.15, -0.1) is 0 Å². The van der Waals surface area contributed by atoms with Gasteiger partial charge in [-0.25, -0.2) is 0 Å². The van der Waals surface area contributed by atoms with Gasteiger partial charge in [0.05, 0.1) is 42.9 Å². The van der Waals surface area contributed by atoms with Crippen LogP contribution in [0.2, 0.25) is 5.02 Å². The van der Waals surface area contributed by atoms with Crippen LogP contribution in [0.5, 0.6) is 0 Å². The Labute approximate surface area is 173 Å². The van der Waals surface area contributed by atoms with Crippen LogP contribution in [0.3, 0.4) is 0 Å². The summed E-state index contributed by atoms with van der Waals surface area (Å²) in [5.41, 5.74) is 0.522. The molecule has 1 aliphatic heterocycles. The first-order chi connectivity index (χ1) is 13.8. The van der Waals surface area contributed by atoms with Crippen LogP contribution in [-0.2, 0) is 4.74 Å². The minimum Gasteiger partial charge on any atom is -0.390 e. The van der Waals surface area contributed by atoms with Crippen molar-refractivity contribution in [2.45, 2.75) is 19.1 Å². The molecular formula is C20H23ClN4O4. The molecule has 3 atom stereocenters. The number of halogens is 1. The van der Waals surface area contributed by atoms with Gasteiger partial charge in [0.2, 0.25) is 0 Å². The van der Waals surface area contributed by atoms with E-state index in [9.17, 15) is 15.1 Å². The van der Waals surface area contributed by atoms with Crippen LogP contribution in [-0.4, -0.2) is 63.4 Å². The molecule has 0 bridgehead atoms. The van der Waals surface area contributed by atoms with Crippen molar-refractivity contribution < 1.29 is 19.8 Å². The predicted molar refractivity (Wildman–Crippen MR) is 107 cm³/mol. The second-order valence-electron chi connectivity index (χ2n) is 7.27. The van der Waals surface area contributed by atoms with Crippen molar-refractivity contribution in [1.82, 2.24) is 20.6 Å². The summed E-state index contributed by atoms with van der Waals surface area (Å²) < 4.78 is 5.69. The molecule has 2 heterocycles. The number of hydroxylamine groups is 2. The Balaban J connectivity index is 1.59. The SMILES string of the molecule is C=C(c1ccccc1Cl)N(O)C[C@]1(C)CO[C@H](CNC(=O)c2ccnnc2)[C@H]1O.